The molecule has 2 atom stereocenters. The molecule has 0 spiro atoms. The first-order valence-corrected chi connectivity index (χ1v) is 5.59. The lowest BCUT2D eigenvalue weighted by atomic mass is 9.93. The molecule has 2 unspecified atom stereocenters. The van der Waals surface area contributed by atoms with Gasteiger partial charge in [-0.15, -0.1) is 0 Å². The molecule has 0 aliphatic carbocycles. The third-order valence-electron chi connectivity index (χ3n) is 3.04. The molecule has 1 heterocycles. The first kappa shape index (κ1) is 11.0. The molecule has 1 aliphatic heterocycles. The van der Waals surface area contributed by atoms with Crippen molar-refractivity contribution in [1.82, 2.24) is 0 Å². The van der Waals surface area contributed by atoms with Crippen molar-refractivity contribution in [3.8, 4) is 11.8 Å². The van der Waals surface area contributed by atoms with Crippen LogP contribution in [0, 0.1) is 17.2 Å². The summed E-state index contributed by atoms with van der Waals surface area (Å²) >= 11 is 0. The standard InChI is InChI=1S/C13H15NO2/c1-2-9(8-14)13(15)11-3-4-12-10(7-11)5-6-16-12/h3-4,7,9,13,15H,2,5-6H2,1H3. The topological polar surface area (TPSA) is 53.2 Å². The van der Waals surface area contributed by atoms with E-state index >= 15 is 0 Å². The first-order valence-electron chi connectivity index (χ1n) is 5.59. The van der Waals surface area contributed by atoms with Crippen LogP contribution in [0.1, 0.15) is 30.6 Å². The normalized spacial score (nSPS) is 17.1. The van der Waals surface area contributed by atoms with Gasteiger partial charge in [0, 0.05) is 6.42 Å². The van der Waals surface area contributed by atoms with E-state index in [1.807, 2.05) is 25.1 Å². The highest BCUT2D eigenvalue weighted by Gasteiger charge is 2.21. The molecule has 2 rings (SSSR count). The van der Waals surface area contributed by atoms with Crippen LogP contribution in [0.3, 0.4) is 0 Å². The van der Waals surface area contributed by atoms with Crippen molar-refractivity contribution in [2.45, 2.75) is 25.9 Å². The van der Waals surface area contributed by atoms with Crippen LogP contribution in [0.15, 0.2) is 18.2 Å². The zero-order valence-electron chi connectivity index (χ0n) is 9.31. The maximum absolute atomic E-state index is 10.0. The average molecular weight is 217 g/mol. The Balaban J connectivity index is 2.24. The predicted molar refractivity (Wildman–Crippen MR) is 60.0 cm³/mol. The lowest BCUT2D eigenvalue weighted by Crippen LogP contribution is -2.09. The minimum Gasteiger partial charge on any atom is -0.493 e. The quantitative estimate of drug-likeness (QED) is 0.844. The van der Waals surface area contributed by atoms with Crippen LogP contribution in [0.4, 0.5) is 0 Å². The largest absolute Gasteiger partial charge is 0.493 e. The molecule has 0 bridgehead atoms. The summed E-state index contributed by atoms with van der Waals surface area (Å²) in [6.07, 6.45) is 0.853. The third-order valence-corrected chi connectivity index (χ3v) is 3.04. The first-order chi connectivity index (χ1) is 7.76. The smallest absolute Gasteiger partial charge is 0.122 e. The number of rotatable bonds is 3. The van der Waals surface area contributed by atoms with Gasteiger partial charge in [0.2, 0.25) is 0 Å². The van der Waals surface area contributed by atoms with Crippen LogP contribution in [0.2, 0.25) is 0 Å². The van der Waals surface area contributed by atoms with Gasteiger partial charge in [0.05, 0.1) is 24.7 Å². The maximum Gasteiger partial charge on any atom is 0.122 e. The highest BCUT2D eigenvalue weighted by atomic mass is 16.5. The molecule has 0 aromatic heterocycles. The van der Waals surface area contributed by atoms with Gasteiger partial charge in [0.25, 0.3) is 0 Å². The van der Waals surface area contributed by atoms with Crippen LogP contribution in [0.25, 0.3) is 0 Å². The van der Waals surface area contributed by atoms with Gasteiger partial charge in [-0.2, -0.15) is 5.26 Å². The molecule has 1 aliphatic rings. The Kier molecular flexibility index (Phi) is 3.12. The van der Waals surface area contributed by atoms with Gasteiger partial charge in [-0.3, -0.25) is 0 Å². The Bertz CT molecular complexity index is 422. The van der Waals surface area contributed by atoms with Crippen LogP contribution in [0.5, 0.6) is 5.75 Å². The minimum atomic E-state index is -0.694. The van der Waals surface area contributed by atoms with Gasteiger partial charge >= 0.3 is 0 Å². The second-order valence-corrected chi connectivity index (χ2v) is 4.05. The van der Waals surface area contributed by atoms with E-state index in [0.29, 0.717) is 13.0 Å². The Morgan fingerprint density at radius 3 is 3.06 bits per heavy atom. The van der Waals surface area contributed by atoms with E-state index in [-0.39, 0.29) is 5.92 Å². The molecule has 0 saturated heterocycles. The van der Waals surface area contributed by atoms with Gasteiger partial charge in [0.15, 0.2) is 0 Å². The van der Waals surface area contributed by atoms with E-state index in [2.05, 4.69) is 6.07 Å². The van der Waals surface area contributed by atoms with Crippen LogP contribution >= 0.6 is 0 Å². The molecule has 16 heavy (non-hydrogen) atoms. The molecule has 1 N–H and O–H groups in total. The van der Waals surface area contributed by atoms with Gasteiger partial charge in [-0.25, -0.2) is 0 Å². The number of hydrogen-bond donors (Lipinski definition) is 1. The summed E-state index contributed by atoms with van der Waals surface area (Å²) in [5.41, 5.74) is 1.95. The second kappa shape index (κ2) is 4.54. The zero-order valence-corrected chi connectivity index (χ0v) is 9.31. The van der Waals surface area contributed by atoms with E-state index in [4.69, 9.17) is 10.00 Å². The summed E-state index contributed by atoms with van der Waals surface area (Å²) in [6.45, 7) is 2.62. The molecule has 3 nitrogen and oxygen atoms in total. The Morgan fingerprint density at radius 2 is 2.38 bits per heavy atom. The highest BCUT2D eigenvalue weighted by Crippen LogP contribution is 2.31. The number of nitriles is 1. The van der Waals surface area contributed by atoms with Crippen LogP contribution in [-0.2, 0) is 6.42 Å². The van der Waals surface area contributed by atoms with Crippen molar-refractivity contribution in [2.24, 2.45) is 5.92 Å². The van der Waals surface area contributed by atoms with E-state index in [9.17, 15) is 5.11 Å². The SMILES string of the molecule is CCC(C#N)C(O)c1ccc2c(c1)CCO2. The molecule has 0 amide bonds. The summed E-state index contributed by atoms with van der Waals surface area (Å²) < 4.78 is 5.40. The summed E-state index contributed by atoms with van der Waals surface area (Å²) in [5, 5.41) is 19.0. The number of hydrogen-bond acceptors (Lipinski definition) is 3. The van der Waals surface area contributed by atoms with Gasteiger partial charge in [0.1, 0.15) is 5.75 Å². The lowest BCUT2D eigenvalue weighted by molar-refractivity contribution is 0.132. The van der Waals surface area contributed by atoms with Gasteiger partial charge in [-0.05, 0) is 29.7 Å². The van der Waals surface area contributed by atoms with Gasteiger partial charge < -0.3 is 9.84 Å². The average Bonchev–Trinajstić information content (AvgIpc) is 2.77. The molecule has 1 aromatic rings. The fourth-order valence-corrected chi connectivity index (χ4v) is 2.01. The molecule has 3 heteroatoms. The highest BCUT2D eigenvalue weighted by molar-refractivity contribution is 5.40. The molecule has 0 saturated carbocycles. The molecular weight excluding hydrogens is 202 g/mol. The summed E-state index contributed by atoms with van der Waals surface area (Å²) in [4.78, 5) is 0. The van der Waals surface area contributed by atoms with E-state index in [0.717, 1.165) is 23.3 Å². The van der Waals surface area contributed by atoms with E-state index in [1.54, 1.807) is 0 Å². The Labute approximate surface area is 95.3 Å². The molecule has 84 valence electrons. The van der Waals surface area contributed by atoms with Crippen molar-refractivity contribution < 1.29 is 9.84 Å². The second-order valence-electron chi connectivity index (χ2n) is 4.05. The number of benzene rings is 1. The number of aliphatic hydroxyl groups is 1. The molecule has 1 aromatic carbocycles. The summed E-state index contributed by atoms with van der Waals surface area (Å²) in [7, 11) is 0. The minimum absolute atomic E-state index is 0.333. The van der Waals surface area contributed by atoms with Crippen molar-refractivity contribution in [2.75, 3.05) is 6.61 Å². The van der Waals surface area contributed by atoms with Gasteiger partial charge in [-0.1, -0.05) is 13.0 Å². The zero-order chi connectivity index (χ0) is 11.5. The number of ether oxygens (including phenoxy) is 1. The van der Waals surface area contributed by atoms with E-state index < -0.39 is 6.10 Å². The van der Waals surface area contributed by atoms with Crippen LogP contribution < -0.4 is 4.74 Å². The van der Waals surface area contributed by atoms with Crippen molar-refractivity contribution in [1.29, 1.82) is 5.26 Å². The number of nitrogens with zero attached hydrogens (tertiary/aromatic N) is 1. The van der Waals surface area contributed by atoms with Crippen molar-refractivity contribution in [3.05, 3.63) is 29.3 Å². The number of fused-ring (bicyclic) bond motifs is 1. The van der Waals surface area contributed by atoms with E-state index in [1.165, 1.54) is 0 Å². The fourth-order valence-electron chi connectivity index (χ4n) is 2.01. The fraction of sp³-hybridized carbons (Fsp3) is 0.462. The van der Waals surface area contributed by atoms with Crippen molar-refractivity contribution >= 4 is 0 Å². The summed E-state index contributed by atoms with van der Waals surface area (Å²) in [5.74, 6) is 0.571. The lowest BCUT2D eigenvalue weighted by Gasteiger charge is -2.15. The van der Waals surface area contributed by atoms with Crippen LogP contribution in [-0.4, -0.2) is 11.7 Å². The maximum atomic E-state index is 10.0. The summed E-state index contributed by atoms with van der Waals surface area (Å²) in [6, 6.07) is 7.81. The monoisotopic (exact) mass is 217 g/mol. The Hall–Kier alpha value is -1.53. The van der Waals surface area contributed by atoms with Crippen molar-refractivity contribution in [3.63, 3.8) is 0 Å². The Morgan fingerprint density at radius 1 is 1.56 bits per heavy atom. The molecule has 0 radical (unpaired) electrons. The third kappa shape index (κ3) is 1.89. The number of aliphatic hydroxyl groups excluding tert-OH is 1. The molecule has 0 fully saturated rings. The predicted octanol–water partition coefficient (Wildman–Crippen LogP) is 2.20. The molecular formula is C13H15NO2.